The smallest absolute Gasteiger partial charge is 0.323 e. The van der Waals surface area contributed by atoms with E-state index in [2.05, 4.69) is 0 Å². The highest BCUT2D eigenvalue weighted by Gasteiger charge is 2.31. The Bertz CT molecular complexity index is 412. The number of hydrogen-bond donors (Lipinski definition) is 1. The number of aliphatic carboxylic acids is 1. The van der Waals surface area contributed by atoms with Crippen LogP contribution in [-0.4, -0.2) is 41.7 Å². The molecule has 0 radical (unpaired) electrons. The van der Waals surface area contributed by atoms with E-state index >= 15 is 0 Å². The largest absolute Gasteiger partial charge is 0.494 e. The molecule has 1 rings (SSSR count). The number of ether oxygens (including phenoxy) is 1. The van der Waals surface area contributed by atoms with Gasteiger partial charge in [0, 0.05) is 6.54 Å². The first-order valence-electron chi connectivity index (χ1n) is 6.54. The molecule has 0 aliphatic carbocycles. The summed E-state index contributed by atoms with van der Waals surface area (Å²) < 4.78 is 5.38. The van der Waals surface area contributed by atoms with Gasteiger partial charge < -0.3 is 9.84 Å². The second-order valence-electron chi connectivity index (χ2n) is 5.11. The van der Waals surface area contributed by atoms with Crippen LogP contribution in [0, 0.1) is 0 Å². The van der Waals surface area contributed by atoms with Gasteiger partial charge in [0.05, 0.1) is 6.61 Å². The summed E-state index contributed by atoms with van der Waals surface area (Å²) in [7, 11) is 1.84. The maximum Gasteiger partial charge on any atom is 0.323 e. The van der Waals surface area contributed by atoms with E-state index in [-0.39, 0.29) is 0 Å². The van der Waals surface area contributed by atoms with Gasteiger partial charge in [-0.25, -0.2) is 0 Å². The number of carbonyl (C=O) groups is 1. The first-order chi connectivity index (χ1) is 8.87. The van der Waals surface area contributed by atoms with Crippen LogP contribution < -0.4 is 4.74 Å². The van der Waals surface area contributed by atoms with Gasteiger partial charge >= 0.3 is 5.97 Å². The highest BCUT2D eigenvalue weighted by Crippen LogP contribution is 2.15. The van der Waals surface area contributed by atoms with Gasteiger partial charge in [-0.2, -0.15) is 0 Å². The summed E-state index contributed by atoms with van der Waals surface area (Å²) >= 11 is 0. The molecule has 1 aromatic rings. The lowest BCUT2D eigenvalue weighted by molar-refractivity contribution is -0.148. The molecule has 0 saturated carbocycles. The fourth-order valence-electron chi connectivity index (χ4n) is 1.66. The van der Waals surface area contributed by atoms with E-state index in [1.165, 1.54) is 5.56 Å². The molecule has 106 valence electrons. The third-order valence-electron chi connectivity index (χ3n) is 3.45. The minimum Gasteiger partial charge on any atom is -0.494 e. The Balaban J connectivity index is 2.55. The van der Waals surface area contributed by atoms with Crippen LogP contribution in [0.15, 0.2) is 24.3 Å². The van der Waals surface area contributed by atoms with Gasteiger partial charge in [0.15, 0.2) is 0 Å². The number of benzene rings is 1. The fraction of sp³-hybridized carbons (Fsp3) is 0.533. The summed E-state index contributed by atoms with van der Waals surface area (Å²) in [6.07, 6.45) is 0.819. The fourth-order valence-corrected chi connectivity index (χ4v) is 1.66. The van der Waals surface area contributed by atoms with Gasteiger partial charge in [0.1, 0.15) is 11.3 Å². The van der Waals surface area contributed by atoms with Gasteiger partial charge in [-0.05, 0) is 51.9 Å². The molecule has 1 aromatic carbocycles. The summed E-state index contributed by atoms with van der Waals surface area (Å²) in [4.78, 5) is 13.0. The van der Waals surface area contributed by atoms with E-state index in [1.54, 1.807) is 13.8 Å². The number of carboxylic acid groups (broad SMARTS) is 1. The first kappa shape index (κ1) is 15.5. The van der Waals surface area contributed by atoms with Gasteiger partial charge in [-0.3, -0.25) is 9.69 Å². The molecule has 0 spiro atoms. The van der Waals surface area contributed by atoms with Crippen molar-refractivity contribution in [2.45, 2.75) is 32.7 Å². The normalized spacial score (nSPS) is 11.6. The lowest BCUT2D eigenvalue weighted by atomic mass is 10.0. The molecule has 0 atom stereocenters. The predicted octanol–water partition coefficient (Wildman–Crippen LogP) is 2.42. The molecule has 0 heterocycles. The average Bonchev–Trinajstić information content (AvgIpc) is 2.37. The molecule has 0 aliphatic heterocycles. The molecule has 19 heavy (non-hydrogen) atoms. The average molecular weight is 265 g/mol. The van der Waals surface area contributed by atoms with Crippen molar-refractivity contribution in [2.75, 3.05) is 20.2 Å². The first-order valence-corrected chi connectivity index (χ1v) is 6.54. The van der Waals surface area contributed by atoms with Crippen molar-refractivity contribution >= 4 is 5.97 Å². The Hall–Kier alpha value is -1.55. The number of carboxylic acids is 1. The maximum atomic E-state index is 11.1. The van der Waals surface area contributed by atoms with Gasteiger partial charge in [0.25, 0.3) is 0 Å². The number of nitrogens with zero attached hydrogens (tertiary/aromatic N) is 1. The van der Waals surface area contributed by atoms with Crippen molar-refractivity contribution in [3.8, 4) is 5.75 Å². The molecule has 0 unspecified atom stereocenters. The van der Waals surface area contributed by atoms with E-state index in [9.17, 15) is 4.79 Å². The summed E-state index contributed by atoms with van der Waals surface area (Å²) in [5, 5.41) is 9.15. The van der Waals surface area contributed by atoms with Crippen LogP contribution in [-0.2, 0) is 11.2 Å². The van der Waals surface area contributed by atoms with Crippen LogP contribution in [0.4, 0.5) is 0 Å². The topological polar surface area (TPSA) is 49.8 Å². The number of likely N-dealkylation sites (N-methyl/N-ethyl adjacent to an activating group) is 1. The quantitative estimate of drug-likeness (QED) is 0.822. The Morgan fingerprint density at radius 3 is 2.37 bits per heavy atom. The molecule has 0 aromatic heterocycles. The zero-order valence-electron chi connectivity index (χ0n) is 12.1. The summed E-state index contributed by atoms with van der Waals surface area (Å²) in [6, 6.07) is 7.93. The summed E-state index contributed by atoms with van der Waals surface area (Å²) in [5.74, 6) is 0.0622. The number of hydrogen-bond acceptors (Lipinski definition) is 3. The van der Waals surface area contributed by atoms with Crippen LogP contribution >= 0.6 is 0 Å². The van der Waals surface area contributed by atoms with E-state index in [1.807, 2.05) is 43.1 Å². The zero-order valence-corrected chi connectivity index (χ0v) is 12.1. The molecule has 1 N–H and O–H groups in total. The highest BCUT2D eigenvalue weighted by atomic mass is 16.5. The van der Waals surface area contributed by atoms with Crippen LogP contribution in [0.2, 0.25) is 0 Å². The Morgan fingerprint density at radius 2 is 1.89 bits per heavy atom. The minimum atomic E-state index is -0.842. The SMILES string of the molecule is CCOc1ccc(CCN(C)C(C)(C)C(=O)O)cc1. The Morgan fingerprint density at radius 1 is 1.32 bits per heavy atom. The molecular formula is C15H23NO3. The molecule has 4 heteroatoms. The Kier molecular flexibility index (Phi) is 5.36. The molecular weight excluding hydrogens is 242 g/mol. The van der Waals surface area contributed by atoms with Crippen molar-refractivity contribution in [1.82, 2.24) is 4.90 Å². The van der Waals surface area contributed by atoms with Gasteiger partial charge in [-0.1, -0.05) is 12.1 Å². The van der Waals surface area contributed by atoms with Crippen LogP contribution in [0.25, 0.3) is 0 Å². The summed E-state index contributed by atoms with van der Waals surface area (Å²) in [6.45, 7) is 6.75. The molecule has 0 aliphatic rings. The van der Waals surface area contributed by atoms with Crippen LogP contribution in [0.3, 0.4) is 0 Å². The monoisotopic (exact) mass is 265 g/mol. The molecule has 0 fully saturated rings. The van der Waals surface area contributed by atoms with E-state index in [0.717, 1.165) is 12.2 Å². The number of rotatable bonds is 7. The van der Waals surface area contributed by atoms with Gasteiger partial charge in [0.2, 0.25) is 0 Å². The van der Waals surface area contributed by atoms with Crippen molar-refractivity contribution in [3.63, 3.8) is 0 Å². The molecule has 0 amide bonds. The highest BCUT2D eigenvalue weighted by molar-refractivity contribution is 5.77. The zero-order chi connectivity index (χ0) is 14.5. The van der Waals surface area contributed by atoms with Crippen molar-refractivity contribution in [2.24, 2.45) is 0 Å². The molecule has 0 saturated heterocycles. The van der Waals surface area contributed by atoms with Crippen molar-refractivity contribution < 1.29 is 14.6 Å². The predicted molar refractivity (Wildman–Crippen MR) is 75.7 cm³/mol. The Labute approximate surface area is 115 Å². The second-order valence-corrected chi connectivity index (χ2v) is 5.11. The third-order valence-corrected chi connectivity index (χ3v) is 3.45. The van der Waals surface area contributed by atoms with Crippen molar-refractivity contribution in [3.05, 3.63) is 29.8 Å². The third kappa shape index (κ3) is 4.24. The van der Waals surface area contributed by atoms with E-state index in [4.69, 9.17) is 9.84 Å². The maximum absolute atomic E-state index is 11.1. The minimum absolute atomic E-state index is 0.662. The molecule has 4 nitrogen and oxygen atoms in total. The van der Waals surface area contributed by atoms with Crippen molar-refractivity contribution in [1.29, 1.82) is 0 Å². The molecule has 0 bridgehead atoms. The standard InChI is InChI=1S/C15H23NO3/c1-5-19-13-8-6-12(7-9-13)10-11-16(4)15(2,3)14(17)18/h6-9H,5,10-11H2,1-4H3,(H,17,18). The van der Waals surface area contributed by atoms with Gasteiger partial charge in [-0.15, -0.1) is 0 Å². The second kappa shape index (κ2) is 6.57. The van der Waals surface area contributed by atoms with Crippen LogP contribution in [0.1, 0.15) is 26.3 Å². The van der Waals surface area contributed by atoms with Crippen LogP contribution in [0.5, 0.6) is 5.75 Å². The van der Waals surface area contributed by atoms with E-state index in [0.29, 0.717) is 13.2 Å². The lowest BCUT2D eigenvalue weighted by Gasteiger charge is -2.31. The van der Waals surface area contributed by atoms with E-state index < -0.39 is 11.5 Å². The summed E-state index contributed by atoms with van der Waals surface area (Å²) in [5.41, 5.74) is 0.335. The lowest BCUT2D eigenvalue weighted by Crippen LogP contribution is -2.48.